The zero-order valence-electron chi connectivity index (χ0n) is 19.7. The Morgan fingerprint density at radius 2 is 1.69 bits per heavy atom. The van der Waals surface area contributed by atoms with Crippen molar-refractivity contribution in [1.29, 1.82) is 0 Å². The molecule has 172 valence electrons. The number of para-hydroxylation sites is 1. The second-order valence-corrected chi connectivity index (χ2v) is 10.6. The average molecular weight is 457 g/mol. The van der Waals surface area contributed by atoms with Gasteiger partial charge in [-0.05, 0) is 44.0 Å². The van der Waals surface area contributed by atoms with E-state index in [1.807, 2.05) is 30.3 Å². The fourth-order valence-electron chi connectivity index (χ4n) is 5.74. The maximum Gasteiger partial charge on any atom is 0.316 e. The highest BCUT2D eigenvalue weighted by molar-refractivity contribution is 6.30. The van der Waals surface area contributed by atoms with E-state index < -0.39 is 5.41 Å². The monoisotopic (exact) mass is 456 g/mol. The number of hydrogen-bond acceptors (Lipinski definition) is 3. The third-order valence-corrected chi connectivity index (χ3v) is 7.51. The van der Waals surface area contributed by atoms with E-state index in [-0.39, 0.29) is 17.8 Å². The predicted molar refractivity (Wildman–Crippen MR) is 128 cm³/mol. The molecule has 0 radical (unpaired) electrons. The van der Waals surface area contributed by atoms with E-state index in [0.29, 0.717) is 11.2 Å². The molecular formula is C27H35ClNO3+. The molecule has 2 aromatic rings. The van der Waals surface area contributed by atoms with Crippen LogP contribution in [0.3, 0.4) is 0 Å². The van der Waals surface area contributed by atoms with E-state index in [2.05, 4.69) is 40.0 Å². The molecule has 0 N–H and O–H groups in total. The fraction of sp³-hybridized carbons (Fsp3) is 0.519. The Kier molecular flexibility index (Phi) is 6.56. The van der Waals surface area contributed by atoms with Gasteiger partial charge in [0, 0.05) is 28.0 Å². The van der Waals surface area contributed by atoms with Crippen molar-refractivity contribution < 1.29 is 18.8 Å². The van der Waals surface area contributed by atoms with Gasteiger partial charge in [-0.25, -0.2) is 0 Å². The van der Waals surface area contributed by atoms with Gasteiger partial charge < -0.3 is 9.47 Å². The number of carbonyl (C=O) groups is 1. The summed E-state index contributed by atoms with van der Waals surface area (Å²) < 4.78 is 13.0. The van der Waals surface area contributed by atoms with Crippen molar-refractivity contribution in [3.63, 3.8) is 0 Å². The van der Waals surface area contributed by atoms with Gasteiger partial charge in [0.1, 0.15) is 11.5 Å². The fourth-order valence-corrected chi connectivity index (χ4v) is 5.92. The number of fused-ring (bicyclic) bond motifs is 5. The molecule has 2 heterocycles. The Morgan fingerprint density at radius 1 is 1.06 bits per heavy atom. The van der Waals surface area contributed by atoms with Gasteiger partial charge in [-0.2, -0.15) is 0 Å². The van der Waals surface area contributed by atoms with Crippen molar-refractivity contribution in [2.24, 2.45) is 5.41 Å². The number of esters is 1. The van der Waals surface area contributed by atoms with Crippen LogP contribution in [0.1, 0.15) is 69.4 Å². The summed E-state index contributed by atoms with van der Waals surface area (Å²) in [4.78, 5) is 13.1. The SMILES string of the molecule is CCCC(C)(CCC)C(=O)OC[N+]1(C)CC2c3ccccc3Oc3ccc(Cl)cc3C2C1. The largest absolute Gasteiger partial charge is 0.457 e. The van der Waals surface area contributed by atoms with E-state index in [1.165, 1.54) is 5.56 Å². The van der Waals surface area contributed by atoms with Gasteiger partial charge in [-0.3, -0.25) is 9.28 Å². The van der Waals surface area contributed by atoms with Crippen LogP contribution in [-0.2, 0) is 9.53 Å². The Hall–Kier alpha value is -2.04. The number of hydrogen-bond donors (Lipinski definition) is 0. The quantitative estimate of drug-likeness (QED) is 0.336. The first-order chi connectivity index (χ1) is 15.3. The maximum absolute atomic E-state index is 13.1. The van der Waals surface area contributed by atoms with Crippen LogP contribution in [0.25, 0.3) is 0 Å². The summed E-state index contributed by atoms with van der Waals surface area (Å²) in [7, 11) is 2.20. The third-order valence-electron chi connectivity index (χ3n) is 7.27. The summed E-state index contributed by atoms with van der Waals surface area (Å²) >= 11 is 6.38. The van der Waals surface area contributed by atoms with Gasteiger partial charge in [-0.1, -0.05) is 56.5 Å². The minimum Gasteiger partial charge on any atom is -0.457 e. The first-order valence-electron chi connectivity index (χ1n) is 11.9. The van der Waals surface area contributed by atoms with Gasteiger partial charge in [0.25, 0.3) is 0 Å². The van der Waals surface area contributed by atoms with Crippen molar-refractivity contribution in [1.82, 2.24) is 0 Å². The molecular weight excluding hydrogens is 422 g/mol. The molecule has 3 unspecified atom stereocenters. The van der Waals surface area contributed by atoms with E-state index >= 15 is 0 Å². The van der Waals surface area contributed by atoms with Crippen LogP contribution in [0.5, 0.6) is 11.5 Å². The van der Waals surface area contributed by atoms with E-state index in [9.17, 15) is 4.79 Å². The smallest absolute Gasteiger partial charge is 0.316 e. The minimum absolute atomic E-state index is 0.0557. The molecule has 1 fully saturated rings. The Balaban J connectivity index is 1.60. The molecule has 4 nitrogen and oxygen atoms in total. The number of quaternary nitrogens is 1. The predicted octanol–water partition coefficient (Wildman–Crippen LogP) is 6.88. The average Bonchev–Trinajstić information content (AvgIpc) is 3.06. The Morgan fingerprint density at radius 3 is 2.38 bits per heavy atom. The van der Waals surface area contributed by atoms with Crippen LogP contribution in [0.4, 0.5) is 0 Å². The molecule has 2 aliphatic rings. The summed E-state index contributed by atoms with van der Waals surface area (Å²) in [5.41, 5.74) is 1.97. The molecule has 2 aromatic carbocycles. The molecule has 4 rings (SSSR count). The second-order valence-electron chi connectivity index (χ2n) is 10.1. The van der Waals surface area contributed by atoms with Crippen molar-refractivity contribution in [3.8, 4) is 11.5 Å². The summed E-state index contributed by atoms with van der Waals surface area (Å²) in [5.74, 6) is 2.27. The van der Waals surface area contributed by atoms with Crippen LogP contribution in [0.15, 0.2) is 42.5 Å². The number of likely N-dealkylation sites (N-methyl/N-ethyl adjacent to an activating group) is 1. The molecule has 0 spiro atoms. The maximum atomic E-state index is 13.1. The van der Waals surface area contributed by atoms with E-state index in [1.54, 1.807) is 0 Å². The summed E-state index contributed by atoms with van der Waals surface area (Å²) in [6.45, 7) is 8.48. The van der Waals surface area contributed by atoms with Crippen molar-refractivity contribution >= 4 is 17.6 Å². The number of carbonyl (C=O) groups excluding carboxylic acids is 1. The number of halogens is 1. The number of likely N-dealkylation sites (tertiary alicyclic amines) is 1. The van der Waals surface area contributed by atoms with Crippen LogP contribution >= 0.6 is 11.6 Å². The molecule has 0 aliphatic carbocycles. The molecule has 5 heteroatoms. The molecule has 3 atom stereocenters. The number of nitrogens with zero attached hydrogens (tertiary/aromatic N) is 1. The van der Waals surface area contributed by atoms with Crippen LogP contribution < -0.4 is 4.74 Å². The zero-order valence-corrected chi connectivity index (χ0v) is 20.5. The molecule has 0 amide bonds. The third kappa shape index (κ3) is 4.40. The summed E-state index contributed by atoms with van der Waals surface area (Å²) in [6, 6.07) is 14.2. The highest BCUT2D eigenvalue weighted by Gasteiger charge is 2.48. The van der Waals surface area contributed by atoms with Gasteiger partial charge >= 0.3 is 5.97 Å². The van der Waals surface area contributed by atoms with Crippen LogP contribution in [-0.4, -0.2) is 37.3 Å². The van der Waals surface area contributed by atoms with Crippen LogP contribution in [0, 0.1) is 5.41 Å². The summed E-state index contributed by atoms with van der Waals surface area (Å²) in [5, 5.41) is 0.722. The molecule has 0 aromatic heterocycles. The summed E-state index contributed by atoms with van der Waals surface area (Å²) in [6.07, 6.45) is 3.70. The standard InChI is InChI=1S/C27H35ClNO3/c1-5-13-27(3,14-6-2)26(30)31-18-29(4)16-22-20-9-7-8-10-24(20)32-25-12-11-19(28)15-21(25)23(22)17-29/h7-12,15,22-23H,5-6,13-14,16-18H2,1-4H3/q+1. The zero-order chi connectivity index (χ0) is 22.9. The number of ether oxygens (including phenoxy) is 2. The van der Waals surface area contributed by atoms with Gasteiger partial charge in [0.15, 0.2) is 0 Å². The molecule has 2 aliphatic heterocycles. The highest BCUT2D eigenvalue weighted by atomic mass is 35.5. The number of benzene rings is 2. The lowest BCUT2D eigenvalue weighted by Crippen LogP contribution is -2.46. The van der Waals surface area contributed by atoms with Gasteiger partial charge in [0.2, 0.25) is 6.73 Å². The first kappa shape index (κ1) is 23.1. The van der Waals surface area contributed by atoms with Gasteiger partial charge in [0.05, 0.1) is 25.6 Å². The lowest BCUT2D eigenvalue weighted by molar-refractivity contribution is -0.915. The van der Waals surface area contributed by atoms with Crippen molar-refractivity contribution in [2.45, 2.75) is 58.3 Å². The molecule has 0 saturated carbocycles. The van der Waals surface area contributed by atoms with Crippen molar-refractivity contribution in [3.05, 3.63) is 58.6 Å². The normalized spacial score (nSPS) is 24.0. The highest BCUT2D eigenvalue weighted by Crippen LogP contribution is 2.51. The van der Waals surface area contributed by atoms with Crippen LogP contribution in [0.2, 0.25) is 5.02 Å². The Labute approximate surface area is 197 Å². The minimum atomic E-state index is -0.396. The molecule has 1 saturated heterocycles. The topological polar surface area (TPSA) is 35.5 Å². The number of rotatable bonds is 7. The van der Waals surface area contributed by atoms with Crippen molar-refractivity contribution in [2.75, 3.05) is 26.9 Å². The van der Waals surface area contributed by atoms with E-state index in [4.69, 9.17) is 21.1 Å². The first-order valence-corrected chi connectivity index (χ1v) is 12.2. The lowest BCUT2D eigenvalue weighted by atomic mass is 9.81. The van der Waals surface area contributed by atoms with Gasteiger partial charge in [-0.15, -0.1) is 0 Å². The second kappa shape index (κ2) is 9.07. The molecule has 0 bridgehead atoms. The van der Waals surface area contributed by atoms with E-state index in [0.717, 1.165) is 60.9 Å². The lowest BCUT2D eigenvalue weighted by Gasteiger charge is -2.32. The Bertz CT molecular complexity index is 985. The molecule has 32 heavy (non-hydrogen) atoms.